The van der Waals surface area contributed by atoms with Gasteiger partial charge in [0.25, 0.3) is 0 Å². The van der Waals surface area contributed by atoms with Gasteiger partial charge in [0.1, 0.15) is 0 Å². The summed E-state index contributed by atoms with van der Waals surface area (Å²) in [5, 5.41) is 0. The number of hydrogen-bond donors (Lipinski definition) is 0. The smallest absolute Gasteiger partial charge is 0.320 e. The lowest BCUT2D eigenvalue weighted by atomic mass is 9.49. The molecule has 5 aromatic rings. The molecule has 1 aromatic heterocycles. The van der Waals surface area contributed by atoms with E-state index in [1.807, 2.05) is 60.7 Å². The van der Waals surface area contributed by atoms with Crippen LogP contribution < -0.4 is 10.3 Å². The number of anilines is 1. The van der Waals surface area contributed by atoms with Crippen LogP contribution >= 0.6 is 0 Å². The molecule has 4 nitrogen and oxygen atoms in total. The lowest BCUT2D eigenvalue weighted by Gasteiger charge is -2.36. The van der Waals surface area contributed by atoms with Crippen molar-refractivity contribution in [2.24, 2.45) is 0 Å². The molecule has 0 unspecified atom stereocenters. The minimum Gasteiger partial charge on any atom is -0.383 e. The standard InChI is InChI=1S/C31H21BN4/c1-3-11-22(12-4-1)29-33-30(23-13-5-2-6-14-23)35-31(34-29)24-17-18-26-25-15-7-8-16-27(25)32-19-9-10-20-36(32)28(26)21-24/h1-21H. The highest BCUT2D eigenvalue weighted by Gasteiger charge is 2.32. The van der Waals surface area contributed by atoms with Gasteiger partial charge in [-0.1, -0.05) is 109 Å². The zero-order valence-electron chi connectivity index (χ0n) is 19.5. The van der Waals surface area contributed by atoms with Gasteiger partial charge in [0.15, 0.2) is 17.5 Å². The van der Waals surface area contributed by atoms with Gasteiger partial charge in [-0.2, -0.15) is 0 Å². The van der Waals surface area contributed by atoms with Crippen LogP contribution in [0.2, 0.25) is 0 Å². The minimum absolute atomic E-state index is 0.173. The summed E-state index contributed by atoms with van der Waals surface area (Å²) in [7, 11) is 0. The van der Waals surface area contributed by atoms with E-state index in [0.717, 1.165) is 22.4 Å². The van der Waals surface area contributed by atoms with E-state index in [9.17, 15) is 0 Å². The summed E-state index contributed by atoms with van der Waals surface area (Å²) in [5.74, 6) is 4.25. The molecule has 0 bridgehead atoms. The molecular formula is C31H21BN4. The first-order valence-electron chi connectivity index (χ1n) is 12.1. The van der Waals surface area contributed by atoms with Gasteiger partial charge in [0, 0.05) is 27.9 Å². The third-order valence-electron chi connectivity index (χ3n) is 6.75. The summed E-state index contributed by atoms with van der Waals surface area (Å²) in [6.07, 6.45) is 6.36. The van der Waals surface area contributed by atoms with Crippen LogP contribution in [-0.2, 0) is 0 Å². The molecule has 5 heteroatoms. The van der Waals surface area contributed by atoms with Crippen LogP contribution in [0.15, 0.2) is 127 Å². The Hall–Kier alpha value is -4.77. The Bertz CT molecular complexity index is 1590. The summed E-state index contributed by atoms with van der Waals surface area (Å²) in [4.78, 5) is 17.0. The monoisotopic (exact) mass is 460 g/mol. The first kappa shape index (κ1) is 20.6. The summed E-state index contributed by atoms with van der Waals surface area (Å²) >= 11 is 0. The molecule has 4 aromatic carbocycles. The second-order valence-corrected chi connectivity index (χ2v) is 8.94. The van der Waals surface area contributed by atoms with Crippen molar-refractivity contribution in [1.82, 2.24) is 15.0 Å². The highest BCUT2D eigenvalue weighted by Crippen LogP contribution is 2.39. The van der Waals surface area contributed by atoms with Crippen LogP contribution in [0.1, 0.15) is 0 Å². The van der Waals surface area contributed by atoms with E-state index in [2.05, 4.69) is 71.6 Å². The molecule has 2 aliphatic rings. The van der Waals surface area contributed by atoms with Crippen molar-refractivity contribution in [2.75, 3.05) is 4.81 Å². The lowest BCUT2D eigenvalue weighted by Crippen LogP contribution is -2.49. The molecule has 0 aliphatic carbocycles. The molecule has 168 valence electrons. The van der Waals surface area contributed by atoms with E-state index in [0.29, 0.717) is 17.5 Å². The van der Waals surface area contributed by atoms with E-state index in [-0.39, 0.29) is 6.85 Å². The van der Waals surface area contributed by atoms with Crippen molar-refractivity contribution < 1.29 is 0 Å². The number of benzene rings is 4. The van der Waals surface area contributed by atoms with Crippen LogP contribution in [0.3, 0.4) is 0 Å². The summed E-state index contributed by atoms with van der Waals surface area (Å²) in [5.41, 5.74) is 7.85. The second kappa shape index (κ2) is 8.47. The van der Waals surface area contributed by atoms with Gasteiger partial charge in [0.05, 0.1) is 0 Å². The molecule has 2 aliphatic heterocycles. The van der Waals surface area contributed by atoms with Crippen molar-refractivity contribution in [2.45, 2.75) is 0 Å². The Morgan fingerprint density at radius 1 is 0.528 bits per heavy atom. The maximum Gasteiger partial charge on any atom is 0.320 e. The average molecular weight is 460 g/mol. The van der Waals surface area contributed by atoms with Gasteiger partial charge in [-0.25, -0.2) is 15.0 Å². The molecule has 7 rings (SSSR count). The molecule has 0 atom stereocenters. The average Bonchev–Trinajstić information content (AvgIpc) is 2.98. The zero-order valence-corrected chi connectivity index (χ0v) is 19.5. The van der Waals surface area contributed by atoms with Crippen LogP contribution in [0.25, 0.3) is 45.3 Å². The normalized spacial score (nSPS) is 13.2. The predicted octanol–water partition coefficient (Wildman–Crippen LogP) is 6.18. The number of hydrogen-bond acceptors (Lipinski definition) is 4. The Morgan fingerprint density at radius 2 is 1.14 bits per heavy atom. The maximum atomic E-state index is 4.92. The molecule has 0 radical (unpaired) electrons. The van der Waals surface area contributed by atoms with Crippen LogP contribution in [0.4, 0.5) is 5.69 Å². The third-order valence-corrected chi connectivity index (χ3v) is 6.75. The SMILES string of the molecule is C1=CB2c3ccccc3-c3ccc(-c4nc(-c5ccccc5)nc(-c5ccccc5)n4)cc3N2C=C1. The first-order valence-corrected chi connectivity index (χ1v) is 12.1. The molecule has 0 N–H and O–H groups in total. The molecule has 36 heavy (non-hydrogen) atoms. The van der Waals surface area contributed by atoms with Gasteiger partial charge in [0.2, 0.25) is 0 Å². The topological polar surface area (TPSA) is 41.9 Å². The Balaban J connectivity index is 1.42. The number of aromatic nitrogens is 3. The summed E-state index contributed by atoms with van der Waals surface area (Å²) in [6.45, 7) is 0.173. The Morgan fingerprint density at radius 3 is 1.83 bits per heavy atom. The van der Waals surface area contributed by atoms with Crippen molar-refractivity contribution in [3.8, 4) is 45.3 Å². The number of nitrogens with zero attached hydrogens (tertiary/aromatic N) is 4. The fourth-order valence-corrected chi connectivity index (χ4v) is 5.03. The molecule has 0 fully saturated rings. The quantitative estimate of drug-likeness (QED) is 0.302. The van der Waals surface area contributed by atoms with Crippen molar-refractivity contribution in [3.63, 3.8) is 0 Å². The zero-order chi connectivity index (χ0) is 23.9. The Labute approximate surface area is 210 Å². The van der Waals surface area contributed by atoms with Crippen molar-refractivity contribution in [3.05, 3.63) is 127 Å². The van der Waals surface area contributed by atoms with E-state index in [4.69, 9.17) is 15.0 Å². The molecule has 0 saturated carbocycles. The molecule has 0 saturated heterocycles. The summed E-state index contributed by atoms with van der Waals surface area (Å²) < 4.78 is 0. The van der Waals surface area contributed by atoms with Crippen molar-refractivity contribution >= 4 is 18.0 Å². The van der Waals surface area contributed by atoms with Crippen LogP contribution in [0, 0.1) is 0 Å². The fourth-order valence-electron chi connectivity index (χ4n) is 5.03. The van der Waals surface area contributed by atoms with Gasteiger partial charge in [-0.05, 0) is 29.4 Å². The predicted molar refractivity (Wildman–Crippen MR) is 148 cm³/mol. The lowest BCUT2D eigenvalue weighted by molar-refractivity contribution is 1.07. The largest absolute Gasteiger partial charge is 0.383 e. The van der Waals surface area contributed by atoms with Crippen LogP contribution in [0.5, 0.6) is 0 Å². The van der Waals surface area contributed by atoms with Gasteiger partial charge >= 0.3 is 6.85 Å². The third kappa shape index (κ3) is 3.45. The van der Waals surface area contributed by atoms with Gasteiger partial charge in [-0.15, -0.1) is 0 Å². The maximum absolute atomic E-state index is 4.92. The number of allylic oxidation sites excluding steroid dienone is 2. The highest BCUT2D eigenvalue weighted by molar-refractivity contribution is 6.83. The van der Waals surface area contributed by atoms with Crippen LogP contribution in [-0.4, -0.2) is 21.8 Å². The Kier molecular flexibility index (Phi) is 4.85. The van der Waals surface area contributed by atoms with E-state index >= 15 is 0 Å². The van der Waals surface area contributed by atoms with E-state index in [1.165, 1.54) is 16.6 Å². The summed E-state index contributed by atoms with van der Waals surface area (Å²) in [6, 6.07) is 35.4. The van der Waals surface area contributed by atoms with E-state index in [1.54, 1.807) is 0 Å². The van der Waals surface area contributed by atoms with Crippen molar-refractivity contribution in [1.29, 1.82) is 0 Å². The molecule has 0 spiro atoms. The molecule has 3 heterocycles. The second-order valence-electron chi connectivity index (χ2n) is 8.94. The number of fused-ring (bicyclic) bond motifs is 6. The molecular weight excluding hydrogens is 439 g/mol. The molecule has 0 amide bonds. The first-order chi connectivity index (χ1) is 17.8. The highest BCUT2D eigenvalue weighted by atomic mass is 15.1. The minimum atomic E-state index is 0.173. The van der Waals surface area contributed by atoms with Gasteiger partial charge < -0.3 is 4.81 Å². The van der Waals surface area contributed by atoms with E-state index < -0.39 is 0 Å². The van der Waals surface area contributed by atoms with Gasteiger partial charge in [-0.3, -0.25) is 0 Å². The number of rotatable bonds is 3. The fraction of sp³-hybridized carbons (Fsp3) is 0.